The van der Waals surface area contributed by atoms with E-state index in [1.165, 1.54) is 18.0 Å². The Labute approximate surface area is 173 Å². The molecule has 2 aromatic heterocycles. The SMILES string of the molecule is COC(=O)c1cn2ncnc(C3C(=O)Nc4ccc(S(=O)NCCO)cc43)c2c1C. The molecule has 156 valence electrons. The minimum atomic E-state index is -1.54. The number of hydrogen-bond acceptors (Lipinski definition) is 7. The maximum Gasteiger partial charge on any atom is 0.339 e. The second-order valence-corrected chi connectivity index (χ2v) is 7.95. The van der Waals surface area contributed by atoms with E-state index < -0.39 is 22.9 Å². The number of nitrogens with zero attached hydrogens (tertiary/aromatic N) is 3. The summed E-state index contributed by atoms with van der Waals surface area (Å²) in [6, 6.07) is 5.01. The molecule has 3 heterocycles. The summed E-state index contributed by atoms with van der Waals surface area (Å²) in [5.74, 6) is -1.55. The molecule has 3 N–H and O–H groups in total. The van der Waals surface area contributed by atoms with Gasteiger partial charge in [-0.05, 0) is 36.2 Å². The van der Waals surface area contributed by atoms with Crippen molar-refractivity contribution in [3.8, 4) is 0 Å². The van der Waals surface area contributed by atoms with Crippen LogP contribution in [0.25, 0.3) is 5.52 Å². The number of amides is 1. The zero-order valence-electron chi connectivity index (χ0n) is 16.2. The normalized spacial score (nSPS) is 16.4. The van der Waals surface area contributed by atoms with E-state index in [0.29, 0.717) is 38.5 Å². The maximum absolute atomic E-state index is 12.8. The first kappa shape index (κ1) is 20.1. The van der Waals surface area contributed by atoms with Gasteiger partial charge in [0.2, 0.25) is 5.91 Å². The van der Waals surface area contributed by atoms with Crippen molar-refractivity contribution in [1.82, 2.24) is 19.3 Å². The van der Waals surface area contributed by atoms with E-state index in [1.807, 2.05) is 0 Å². The minimum absolute atomic E-state index is 0.145. The van der Waals surface area contributed by atoms with Gasteiger partial charge in [0, 0.05) is 18.4 Å². The number of nitrogens with one attached hydrogen (secondary N) is 2. The van der Waals surface area contributed by atoms with Crippen LogP contribution in [0.3, 0.4) is 0 Å². The van der Waals surface area contributed by atoms with Crippen LogP contribution in [0.1, 0.15) is 33.1 Å². The van der Waals surface area contributed by atoms with E-state index >= 15 is 0 Å². The van der Waals surface area contributed by atoms with Crippen LogP contribution in [0.5, 0.6) is 0 Å². The number of ether oxygens (including phenoxy) is 1. The van der Waals surface area contributed by atoms with E-state index in [2.05, 4.69) is 20.1 Å². The summed E-state index contributed by atoms with van der Waals surface area (Å²) in [6.45, 7) is 1.78. The molecular weight excluding hydrogens is 410 g/mol. The molecule has 0 bridgehead atoms. The molecule has 0 saturated heterocycles. The molecule has 1 aromatic carbocycles. The first-order chi connectivity index (χ1) is 14.5. The average molecular weight is 429 g/mol. The zero-order valence-corrected chi connectivity index (χ0v) is 17.0. The van der Waals surface area contributed by atoms with Crippen LogP contribution < -0.4 is 10.0 Å². The number of methoxy groups -OCH3 is 1. The molecule has 0 saturated carbocycles. The van der Waals surface area contributed by atoms with Crippen LogP contribution in [0, 0.1) is 6.92 Å². The molecule has 2 atom stereocenters. The molecule has 1 aliphatic rings. The number of aliphatic hydroxyl groups is 1. The lowest BCUT2D eigenvalue weighted by Crippen LogP contribution is -2.21. The lowest BCUT2D eigenvalue weighted by atomic mass is 9.95. The standard InChI is InChI=1S/C19H19N5O5S/c1-10-13(19(27)29-2)8-24-17(10)16(20-9-21-24)15-12-7-11(30(28)22-5-6-25)3-4-14(12)23-18(15)26/h3-4,7-9,15,22,25H,5-6H2,1-2H3,(H,23,26). The quantitative estimate of drug-likeness (QED) is 0.486. The molecule has 0 fully saturated rings. The number of fused-ring (bicyclic) bond motifs is 2. The summed E-state index contributed by atoms with van der Waals surface area (Å²) in [4.78, 5) is 29.7. The van der Waals surface area contributed by atoms with Gasteiger partial charge in [0.15, 0.2) is 0 Å². The molecule has 0 radical (unpaired) electrons. The van der Waals surface area contributed by atoms with Gasteiger partial charge in [-0.25, -0.2) is 23.2 Å². The van der Waals surface area contributed by atoms with Crippen molar-refractivity contribution in [2.45, 2.75) is 17.7 Å². The van der Waals surface area contributed by atoms with Crippen LogP contribution in [0.2, 0.25) is 0 Å². The number of rotatable bonds is 6. The molecule has 1 amide bonds. The summed E-state index contributed by atoms with van der Waals surface area (Å²) < 4.78 is 21.4. The Hall–Kier alpha value is -3.15. The number of benzene rings is 1. The zero-order chi connectivity index (χ0) is 21.4. The van der Waals surface area contributed by atoms with E-state index in [9.17, 15) is 13.8 Å². The smallest absolute Gasteiger partial charge is 0.339 e. The monoisotopic (exact) mass is 429 g/mol. The molecule has 10 nitrogen and oxygen atoms in total. The van der Waals surface area contributed by atoms with Gasteiger partial charge in [-0.2, -0.15) is 5.10 Å². The number of carbonyl (C=O) groups excluding carboxylic acids is 2. The van der Waals surface area contributed by atoms with Crippen LogP contribution in [0.15, 0.2) is 35.6 Å². The Morgan fingerprint density at radius 2 is 2.23 bits per heavy atom. The highest BCUT2D eigenvalue weighted by Gasteiger charge is 2.36. The van der Waals surface area contributed by atoms with Gasteiger partial charge >= 0.3 is 5.97 Å². The summed E-state index contributed by atoms with van der Waals surface area (Å²) >= 11 is 0. The average Bonchev–Trinajstić information content (AvgIpc) is 3.27. The lowest BCUT2D eigenvalue weighted by Gasteiger charge is -2.12. The third-order valence-electron chi connectivity index (χ3n) is 4.95. The number of carbonyl (C=O) groups is 2. The lowest BCUT2D eigenvalue weighted by molar-refractivity contribution is -0.116. The maximum atomic E-state index is 12.8. The number of anilines is 1. The number of aromatic nitrogens is 3. The van der Waals surface area contributed by atoms with Gasteiger partial charge in [-0.3, -0.25) is 4.79 Å². The van der Waals surface area contributed by atoms with Crippen LogP contribution in [-0.2, 0) is 20.5 Å². The fraction of sp³-hybridized carbons (Fsp3) is 0.263. The molecule has 2 unspecified atom stereocenters. The fourth-order valence-electron chi connectivity index (χ4n) is 3.56. The van der Waals surface area contributed by atoms with Gasteiger partial charge in [0.05, 0.1) is 35.4 Å². The van der Waals surface area contributed by atoms with Crippen molar-refractivity contribution in [3.05, 3.63) is 53.1 Å². The van der Waals surface area contributed by atoms with Gasteiger partial charge in [0.1, 0.15) is 23.2 Å². The Morgan fingerprint density at radius 3 is 2.97 bits per heavy atom. The highest BCUT2D eigenvalue weighted by atomic mass is 32.2. The Balaban J connectivity index is 1.84. The van der Waals surface area contributed by atoms with E-state index in [-0.39, 0.29) is 19.1 Å². The molecule has 11 heteroatoms. The van der Waals surface area contributed by atoms with Crippen LogP contribution in [0.4, 0.5) is 5.69 Å². The van der Waals surface area contributed by atoms with Crippen LogP contribution >= 0.6 is 0 Å². The summed E-state index contributed by atoms with van der Waals surface area (Å²) in [7, 11) is -0.246. The second kappa shape index (κ2) is 7.94. The highest BCUT2D eigenvalue weighted by Crippen LogP contribution is 2.39. The Bertz CT molecular complexity index is 1190. The van der Waals surface area contributed by atoms with Crippen molar-refractivity contribution >= 4 is 34.1 Å². The van der Waals surface area contributed by atoms with Crippen molar-refractivity contribution in [2.24, 2.45) is 0 Å². The van der Waals surface area contributed by atoms with Gasteiger partial charge in [-0.1, -0.05) is 0 Å². The van der Waals surface area contributed by atoms with E-state index in [4.69, 9.17) is 9.84 Å². The topological polar surface area (TPSA) is 135 Å². The number of hydrogen-bond donors (Lipinski definition) is 3. The number of aliphatic hydroxyl groups excluding tert-OH is 1. The fourth-order valence-corrected chi connectivity index (χ4v) is 4.43. The summed E-state index contributed by atoms with van der Waals surface area (Å²) in [6.07, 6.45) is 2.86. The Morgan fingerprint density at radius 1 is 1.43 bits per heavy atom. The molecule has 0 spiro atoms. The van der Waals surface area contributed by atoms with Gasteiger partial charge in [0.25, 0.3) is 0 Å². The Kier molecular flexibility index (Phi) is 5.33. The largest absolute Gasteiger partial charge is 0.465 e. The van der Waals surface area contributed by atoms with Crippen molar-refractivity contribution in [2.75, 3.05) is 25.6 Å². The van der Waals surface area contributed by atoms with Crippen molar-refractivity contribution < 1.29 is 23.6 Å². The number of esters is 1. The summed E-state index contributed by atoms with van der Waals surface area (Å²) in [5, 5.41) is 15.9. The molecular formula is C19H19N5O5S. The first-order valence-corrected chi connectivity index (χ1v) is 10.2. The predicted octanol–water partition coefficient (Wildman–Crippen LogP) is 0.513. The summed E-state index contributed by atoms with van der Waals surface area (Å²) in [5.41, 5.74) is 3.12. The minimum Gasteiger partial charge on any atom is -0.465 e. The third kappa shape index (κ3) is 3.26. The van der Waals surface area contributed by atoms with Gasteiger partial charge in [-0.15, -0.1) is 0 Å². The van der Waals surface area contributed by atoms with Crippen molar-refractivity contribution in [3.63, 3.8) is 0 Å². The van der Waals surface area contributed by atoms with E-state index in [0.717, 1.165) is 0 Å². The first-order valence-electron chi connectivity index (χ1n) is 9.08. The second-order valence-electron chi connectivity index (χ2n) is 6.66. The molecule has 4 rings (SSSR count). The molecule has 1 aliphatic heterocycles. The van der Waals surface area contributed by atoms with Crippen molar-refractivity contribution in [1.29, 1.82) is 0 Å². The third-order valence-corrected chi connectivity index (χ3v) is 6.10. The molecule has 30 heavy (non-hydrogen) atoms. The van der Waals surface area contributed by atoms with E-state index in [1.54, 1.807) is 31.3 Å². The molecule has 3 aromatic rings. The number of aryl methyl sites for hydroxylation is 1. The molecule has 0 aliphatic carbocycles. The van der Waals surface area contributed by atoms with Crippen LogP contribution in [-0.4, -0.2) is 56.1 Å². The van der Waals surface area contributed by atoms with Gasteiger partial charge < -0.3 is 15.2 Å². The highest BCUT2D eigenvalue weighted by molar-refractivity contribution is 7.83. The predicted molar refractivity (Wildman–Crippen MR) is 107 cm³/mol.